The van der Waals surface area contributed by atoms with E-state index in [0.717, 1.165) is 24.9 Å². The van der Waals surface area contributed by atoms with Crippen LogP contribution in [-0.4, -0.2) is 33.0 Å². The van der Waals surface area contributed by atoms with Crippen LogP contribution in [0.5, 0.6) is 0 Å². The van der Waals surface area contributed by atoms with Crippen LogP contribution in [0, 0.1) is 0 Å². The molecule has 0 unspecified atom stereocenters. The molecule has 0 atom stereocenters. The Balaban J connectivity index is 1.61. The maximum absolute atomic E-state index is 12.6. The van der Waals surface area contributed by atoms with Crippen LogP contribution in [-0.2, 0) is 10.0 Å². The summed E-state index contributed by atoms with van der Waals surface area (Å²) in [6.07, 6.45) is 7.63. The Morgan fingerprint density at radius 3 is 2.67 bits per heavy atom. The van der Waals surface area contributed by atoms with E-state index in [-0.39, 0.29) is 10.8 Å². The zero-order valence-corrected chi connectivity index (χ0v) is 13.6. The zero-order chi connectivity index (χ0) is 16.6. The lowest BCUT2D eigenvalue weighted by molar-refractivity contribution is 0.289. The Morgan fingerprint density at radius 2 is 1.96 bits per heavy atom. The van der Waals surface area contributed by atoms with Gasteiger partial charge in [-0.3, -0.25) is 9.25 Å². The molecular formula is C15H16N6O2S. The van der Waals surface area contributed by atoms with Gasteiger partial charge < -0.3 is 0 Å². The van der Waals surface area contributed by atoms with Crippen molar-refractivity contribution in [3.8, 4) is 5.69 Å². The molecule has 1 aromatic carbocycles. The Morgan fingerprint density at radius 1 is 1.17 bits per heavy atom. The number of hydrogen-bond acceptors (Lipinski definition) is 5. The second kappa shape index (κ2) is 5.75. The van der Waals surface area contributed by atoms with Gasteiger partial charge in [-0.25, -0.2) is 13.1 Å². The molecular weight excluding hydrogens is 328 g/mol. The molecule has 1 N–H and O–H groups in total. The fourth-order valence-corrected chi connectivity index (χ4v) is 3.50. The summed E-state index contributed by atoms with van der Waals surface area (Å²) in [7, 11) is -3.77. The highest BCUT2D eigenvalue weighted by molar-refractivity contribution is 7.92. The van der Waals surface area contributed by atoms with Gasteiger partial charge in [-0.05, 0) is 31.4 Å². The van der Waals surface area contributed by atoms with Gasteiger partial charge in [0.2, 0.25) is 5.95 Å². The van der Waals surface area contributed by atoms with Gasteiger partial charge in [0.15, 0.2) is 0 Å². The second-order valence-corrected chi connectivity index (χ2v) is 7.39. The van der Waals surface area contributed by atoms with Crippen molar-refractivity contribution >= 4 is 16.0 Å². The van der Waals surface area contributed by atoms with E-state index >= 15 is 0 Å². The summed E-state index contributed by atoms with van der Waals surface area (Å²) in [6.45, 7) is 0. The molecule has 1 fully saturated rings. The minimum atomic E-state index is -3.77. The first-order chi connectivity index (χ1) is 11.6. The molecule has 0 aliphatic heterocycles. The van der Waals surface area contributed by atoms with E-state index in [9.17, 15) is 8.42 Å². The Labute approximate surface area is 139 Å². The van der Waals surface area contributed by atoms with E-state index in [2.05, 4.69) is 20.0 Å². The van der Waals surface area contributed by atoms with Gasteiger partial charge in [0.1, 0.15) is 11.2 Å². The minimum absolute atomic E-state index is 0.122. The van der Waals surface area contributed by atoms with Gasteiger partial charge in [-0.2, -0.15) is 5.10 Å². The number of para-hydroxylation sites is 1. The van der Waals surface area contributed by atoms with Crippen molar-refractivity contribution in [3.05, 3.63) is 49.1 Å². The fourth-order valence-electron chi connectivity index (χ4n) is 2.57. The lowest BCUT2D eigenvalue weighted by Crippen LogP contribution is -2.18. The van der Waals surface area contributed by atoms with Crippen molar-refractivity contribution in [1.82, 2.24) is 24.5 Å². The molecule has 9 heteroatoms. The summed E-state index contributed by atoms with van der Waals surface area (Å²) >= 11 is 0. The number of aromatic nitrogens is 5. The minimum Gasteiger partial charge on any atom is -0.268 e. The van der Waals surface area contributed by atoms with Gasteiger partial charge in [0.05, 0.1) is 17.9 Å². The quantitative estimate of drug-likeness (QED) is 0.764. The highest BCUT2D eigenvalue weighted by atomic mass is 32.2. The van der Waals surface area contributed by atoms with Crippen molar-refractivity contribution < 1.29 is 8.42 Å². The third kappa shape index (κ3) is 2.67. The van der Waals surface area contributed by atoms with Crippen molar-refractivity contribution in [2.24, 2.45) is 0 Å². The Kier molecular flexibility index (Phi) is 3.57. The van der Waals surface area contributed by atoms with Gasteiger partial charge in [-0.15, -0.1) is 10.2 Å². The van der Waals surface area contributed by atoms with Crippen molar-refractivity contribution in [1.29, 1.82) is 0 Å². The van der Waals surface area contributed by atoms with Crippen molar-refractivity contribution in [2.75, 3.05) is 4.72 Å². The molecule has 24 heavy (non-hydrogen) atoms. The topological polar surface area (TPSA) is 94.7 Å². The third-order valence-electron chi connectivity index (χ3n) is 4.14. The van der Waals surface area contributed by atoms with Gasteiger partial charge >= 0.3 is 0 Å². The van der Waals surface area contributed by atoms with Gasteiger partial charge in [0, 0.05) is 6.20 Å². The molecule has 3 aromatic rings. The number of hydrogen-bond donors (Lipinski definition) is 1. The maximum atomic E-state index is 12.6. The number of rotatable bonds is 5. The van der Waals surface area contributed by atoms with E-state index in [1.165, 1.54) is 12.5 Å². The molecule has 0 spiro atoms. The van der Waals surface area contributed by atoms with E-state index in [4.69, 9.17) is 0 Å². The summed E-state index contributed by atoms with van der Waals surface area (Å²) < 4.78 is 30.9. The molecule has 0 radical (unpaired) electrons. The molecule has 124 valence electrons. The predicted octanol–water partition coefficient (Wildman–Crippen LogP) is 1.99. The molecule has 2 aromatic heterocycles. The average Bonchev–Trinajstić information content (AvgIpc) is 3.16. The number of nitrogens with zero attached hydrogens (tertiary/aromatic N) is 5. The van der Waals surface area contributed by atoms with Crippen LogP contribution in [0.3, 0.4) is 0 Å². The monoisotopic (exact) mass is 344 g/mol. The lowest BCUT2D eigenvalue weighted by atomic mass is 9.93. The van der Waals surface area contributed by atoms with Crippen LogP contribution >= 0.6 is 0 Å². The molecule has 1 saturated carbocycles. The molecule has 1 aliphatic rings. The average molecular weight is 344 g/mol. The molecule has 2 heterocycles. The van der Waals surface area contributed by atoms with Gasteiger partial charge in [0.25, 0.3) is 10.0 Å². The third-order valence-corrected chi connectivity index (χ3v) is 5.43. The van der Waals surface area contributed by atoms with Crippen molar-refractivity contribution in [2.45, 2.75) is 30.2 Å². The van der Waals surface area contributed by atoms with E-state index in [0.29, 0.717) is 6.04 Å². The van der Waals surface area contributed by atoms with Crippen LogP contribution in [0.15, 0.2) is 53.9 Å². The van der Waals surface area contributed by atoms with Crippen LogP contribution in [0.25, 0.3) is 5.69 Å². The van der Waals surface area contributed by atoms with Crippen LogP contribution in [0.2, 0.25) is 0 Å². The summed E-state index contributed by atoms with van der Waals surface area (Å²) in [5.41, 5.74) is 0.769. The first-order valence-electron chi connectivity index (χ1n) is 7.66. The second-order valence-electron chi connectivity index (χ2n) is 5.71. The van der Waals surface area contributed by atoms with Crippen LogP contribution < -0.4 is 4.72 Å². The fraction of sp³-hybridized carbons (Fsp3) is 0.267. The number of nitrogens with one attached hydrogen (secondary N) is 1. The molecule has 0 bridgehead atoms. The predicted molar refractivity (Wildman–Crippen MR) is 87.3 cm³/mol. The van der Waals surface area contributed by atoms with Gasteiger partial charge in [-0.1, -0.05) is 18.2 Å². The molecule has 0 saturated heterocycles. The summed E-state index contributed by atoms with van der Waals surface area (Å²) in [5.74, 6) is 0.137. The largest absolute Gasteiger partial charge is 0.268 e. The number of benzene rings is 1. The highest BCUT2D eigenvalue weighted by Gasteiger charge is 2.24. The lowest BCUT2D eigenvalue weighted by Gasteiger charge is -2.25. The normalized spacial score (nSPS) is 15.2. The van der Waals surface area contributed by atoms with E-state index in [1.54, 1.807) is 15.4 Å². The molecule has 0 amide bonds. The first-order valence-corrected chi connectivity index (χ1v) is 9.14. The first kappa shape index (κ1) is 14.9. The summed E-state index contributed by atoms with van der Waals surface area (Å²) in [4.78, 5) is 0.122. The summed E-state index contributed by atoms with van der Waals surface area (Å²) in [6, 6.07) is 9.59. The van der Waals surface area contributed by atoms with Crippen molar-refractivity contribution in [3.63, 3.8) is 0 Å². The van der Waals surface area contributed by atoms with Crippen LogP contribution in [0.1, 0.15) is 25.3 Å². The van der Waals surface area contributed by atoms with E-state index in [1.807, 2.05) is 30.3 Å². The standard InChI is InChI=1S/C15H16N6O2S/c22-24(23,14-9-17-21(10-14)13-7-4-8-13)19-15-18-16-11-20(15)12-5-2-1-3-6-12/h1-3,5-6,9-11,13H,4,7-8H2,(H,18,19). The van der Waals surface area contributed by atoms with E-state index < -0.39 is 10.0 Å². The summed E-state index contributed by atoms with van der Waals surface area (Å²) in [5, 5.41) is 11.8. The maximum Gasteiger partial charge on any atom is 0.267 e. The Hall–Kier alpha value is -2.68. The highest BCUT2D eigenvalue weighted by Crippen LogP contribution is 2.31. The van der Waals surface area contributed by atoms with Crippen LogP contribution in [0.4, 0.5) is 5.95 Å². The molecule has 8 nitrogen and oxygen atoms in total. The zero-order valence-electron chi connectivity index (χ0n) is 12.8. The SMILES string of the molecule is O=S(=O)(Nc1nncn1-c1ccccc1)c1cnn(C2CCC2)c1. The number of sulfonamides is 1. The number of anilines is 1. The molecule has 4 rings (SSSR count). The smallest absolute Gasteiger partial charge is 0.267 e. The molecule has 1 aliphatic carbocycles. The Bertz CT molecular complexity index is 943.